The lowest BCUT2D eigenvalue weighted by molar-refractivity contribution is 0.197. The highest BCUT2D eigenvalue weighted by molar-refractivity contribution is 5.49. The van der Waals surface area contributed by atoms with Crippen LogP contribution in [0.5, 0.6) is 11.5 Å². The molecule has 1 aromatic rings. The van der Waals surface area contributed by atoms with Crippen molar-refractivity contribution < 1.29 is 9.47 Å². The summed E-state index contributed by atoms with van der Waals surface area (Å²) >= 11 is 0. The van der Waals surface area contributed by atoms with Gasteiger partial charge >= 0.3 is 0 Å². The number of fused-ring (bicyclic) bond motifs is 1. The average molecular weight is 259 g/mol. The van der Waals surface area contributed by atoms with Crippen LogP contribution in [0.2, 0.25) is 0 Å². The second kappa shape index (κ2) is 4.14. The molecule has 4 rings (SSSR count). The Bertz CT molecular complexity index is 502. The molecule has 2 aliphatic heterocycles. The second-order valence-corrected chi connectivity index (χ2v) is 6.42. The van der Waals surface area contributed by atoms with Crippen LogP contribution in [0.15, 0.2) is 12.1 Å². The Morgan fingerprint density at radius 1 is 1.16 bits per heavy atom. The maximum absolute atomic E-state index is 6.04. The van der Waals surface area contributed by atoms with Crippen molar-refractivity contribution in [1.82, 2.24) is 5.32 Å². The van der Waals surface area contributed by atoms with Crippen LogP contribution in [0.25, 0.3) is 0 Å². The quantitative estimate of drug-likeness (QED) is 0.841. The molecule has 1 saturated carbocycles. The van der Waals surface area contributed by atoms with Crippen molar-refractivity contribution in [1.29, 1.82) is 0 Å². The first-order valence-corrected chi connectivity index (χ1v) is 7.37. The van der Waals surface area contributed by atoms with Crippen LogP contribution < -0.4 is 14.8 Å². The number of rotatable bonds is 1. The van der Waals surface area contributed by atoms with Gasteiger partial charge in [0, 0.05) is 12.0 Å². The van der Waals surface area contributed by atoms with Crippen LogP contribution in [0.1, 0.15) is 36.3 Å². The number of benzene rings is 1. The largest absolute Gasteiger partial charge is 0.489 e. The van der Waals surface area contributed by atoms with Crippen LogP contribution >= 0.6 is 0 Å². The van der Waals surface area contributed by atoms with E-state index in [1.807, 2.05) is 0 Å². The maximum Gasteiger partial charge on any atom is 0.161 e. The highest BCUT2D eigenvalue weighted by atomic mass is 16.5. The highest BCUT2D eigenvalue weighted by Crippen LogP contribution is 2.49. The Morgan fingerprint density at radius 3 is 2.53 bits per heavy atom. The fraction of sp³-hybridized carbons (Fsp3) is 0.625. The van der Waals surface area contributed by atoms with Crippen LogP contribution in [0, 0.1) is 12.3 Å². The van der Waals surface area contributed by atoms with E-state index >= 15 is 0 Å². The minimum Gasteiger partial charge on any atom is -0.489 e. The number of hydrogen-bond donors (Lipinski definition) is 1. The third-order valence-corrected chi connectivity index (χ3v) is 4.86. The van der Waals surface area contributed by atoms with E-state index in [4.69, 9.17) is 9.47 Å². The summed E-state index contributed by atoms with van der Waals surface area (Å²) in [7, 11) is 0. The normalized spacial score (nSPS) is 27.3. The summed E-state index contributed by atoms with van der Waals surface area (Å²) in [5, 5.41) is 3.44. The van der Waals surface area contributed by atoms with Crippen molar-refractivity contribution in [2.45, 2.75) is 32.1 Å². The first kappa shape index (κ1) is 11.6. The molecule has 0 bridgehead atoms. The molecule has 3 aliphatic rings. The summed E-state index contributed by atoms with van der Waals surface area (Å²) in [6, 6.07) is 4.40. The molecule has 0 aromatic heterocycles. The van der Waals surface area contributed by atoms with Crippen molar-refractivity contribution in [3.63, 3.8) is 0 Å². The van der Waals surface area contributed by atoms with Gasteiger partial charge in [-0.15, -0.1) is 0 Å². The predicted octanol–water partition coefficient (Wildman–Crippen LogP) is 2.62. The summed E-state index contributed by atoms with van der Waals surface area (Å²) in [6.07, 6.45) is 3.73. The fourth-order valence-electron chi connectivity index (χ4n) is 3.23. The van der Waals surface area contributed by atoms with Gasteiger partial charge in [-0.25, -0.2) is 0 Å². The van der Waals surface area contributed by atoms with Crippen molar-refractivity contribution in [2.75, 3.05) is 26.3 Å². The zero-order valence-corrected chi connectivity index (χ0v) is 11.5. The lowest BCUT2D eigenvalue weighted by atomic mass is 9.93. The van der Waals surface area contributed by atoms with Crippen molar-refractivity contribution in [3.8, 4) is 11.5 Å². The van der Waals surface area contributed by atoms with Gasteiger partial charge in [-0.05, 0) is 61.9 Å². The van der Waals surface area contributed by atoms with E-state index in [0.717, 1.165) is 37.8 Å². The van der Waals surface area contributed by atoms with Gasteiger partial charge in [0.15, 0.2) is 11.5 Å². The van der Waals surface area contributed by atoms with E-state index in [2.05, 4.69) is 24.4 Å². The minimum absolute atomic E-state index is 0.321. The molecule has 1 atom stereocenters. The van der Waals surface area contributed by atoms with Gasteiger partial charge in [0.05, 0.1) is 13.2 Å². The smallest absolute Gasteiger partial charge is 0.161 e. The monoisotopic (exact) mass is 259 g/mol. The Kier molecular flexibility index (Phi) is 2.52. The van der Waals surface area contributed by atoms with Gasteiger partial charge in [-0.1, -0.05) is 0 Å². The van der Waals surface area contributed by atoms with E-state index in [0.29, 0.717) is 11.3 Å². The van der Waals surface area contributed by atoms with Gasteiger partial charge < -0.3 is 14.8 Å². The van der Waals surface area contributed by atoms with Gasteiger partial charge in [0.2, 0.25) is 0 Å². The SMILES string of the molecule is Cc1cc2c(cc1C1CCNC1)OCC1(CC1)CO2. The molecule has 1 aromatic carbocycles. The second-order valence-electron chi connectivity index (χ2n) is 6.42. The van der Waals surface area contributed by atoms with Gasteiger partial charge in [0.25, 0.3) is 0 Å². The van der Waals surface area contributed by atoms with Crippen LogP contribution in [-0.4, -0.2) is 26.3 Å². The van der Waals surface area contributed by atoms with Crippen molar-refractivity contribution in [2.24, 2.45) is 5.41 Å². The standard InChI is InChI=1S/C16H21NO2/c1-11-6-14-15(7-13(11)12-2-5-17-8-12)19-10-16(3-4-16)9-18-14/h6-7,12,17H,2-5,8-10H2,1H3. The number of ether oxygens (including phenoxy) is 2. The van der Waals surface area contributed by atoms with Gasteiger partial charge in [-0.3, -0.25) is 0 Å². The van der Waals surface area contributed by atoms with Gasteiger partial charge in [-0.2, -0.15) is 0 Å². The maximum atomic E-state index is 6.04. The van der Waals surface area contributed by atoms with E-state index in [-0.39, 0.29) is 0 Å². The van der Waals surface area contributed by atoms with E-state index in [9.17, 15) is 0 Å². The highest BCUT2D eigenvalue weighted by Gasteiger charge is 2.46. The van der Waals surface area contributed by atoms with Crippen molar-refractivity contribution in [3.05, 3.63) is 23.3 Å². The molecule has 1 N–H and O–H groups in total. The summed E-state index contributed by atoms with van der Waals surface area (Å²) in [4.78, 5) is 0. The molecule has 1 unspecified atom stereocenters. The van der Waals surface area contributed by atoms with Gasteiger partial charge in [0.1, 0.15) is 0 Å². The third kappa shape index (κ3) is 2.00. The molecule has 19 heavy (non-hydrogen) atoms. The number of nitrogens with one attached hydrogen (secondary N) is 1. The molecule has 102 valence electrons. The Labute approximate surface area is 114 Å². The molecule has 0 amide bonds. The number of aryl methyl sites for hydroxylation is 1. The zero-order valence-electron chi connectivity index (χ0n) is 11.5. The third-order valence-electron chi connectivity index (χ3n) is 4.86. The van der Waals surface area contributed by atoms with E-state index < -0.39 is 0 Å². The lowest BCUT2D eigenvalue weighted by Gasteiger charge is -2.16. The Morgan fingerprint density at radius 2 is 1.89 bits per heavy atom. The molecule has 0 radical (unpaired) electrons. The predicted molar refractivity (Wildman–Crippen MR) is 74.1 cm³/mol. The Hall–Kier alpha value is -1.22. The van der Waals surface area contributed by atoms with Crippen LogP contribution in [0.4, 0.5) is 0 Å². The van der Waals surface area contributed by atoms with E-state index in [1.165, 1.54) is 30.4 Å². The molecular weight excluding hydrogens is 238 g/mol. The molecule has 1 saturated heterocycles. The van der Waals surface area contributed by atoms with E-state index in [1.54, 1.807) is 0 Å². The summed E-state index contributed by atoms with van der Waals surface area (Å²) < 4.78 is 12.0. The first-order chi connectivity index (χ1) is 9.26. The van der Waals surface area contributed by atoms with Crippen molar-refractivity contribution >= 4 is 0 Å². The molecule has 1 spiro atoms. The lowest BCUT2D eigenvalue weighted by Crippen LogP contribution is -2.17. The summed E-state index contributed by atoms with van der Waals surface area (Å²) in [5.74, 6) is 2.53. The van der Waals surface area contributed by atoms with Crippen LogP contribution in [0.3, 0.4) is 0 Å². The Balaban J connectivity index is 1.67. The number of hydrogen-bond acceptors (Lipinski definition) is 3. The molecule has 2 fully saturated rings. The molecular formula is C16H21NO2. The molecule has 1 aliphatic carbocycles. The minimum atomic E-state index is 0.321. The summed E-state index contributed by atoms with van der Waals surface area (Å²) in [6.45, 7) is 6.05. The average Bonchev–Trinajstić information content (AvgIpc) is 3.03. The first-order valence-electron chi connectivity index (χ1n) is 7.37. The summed E-state index contributed by atoms with van der Waals surface area (Å²) in [5.41, 5.74) is 3.09. The molecule has 2 heterocycles. The molecule has 3 heteroatoms. The zero-order chi connectivity index (χ0) is 12.9. The topological polar surface area (TPSA) is 30.5 Å². The molecule has 3 nitrogen and oxygen atoms in total. The van der Waals surface area contributed by atoms with Crippen LogP contribution in [-0.2, 0) is 0 Å². The fourth-order valence-corrected chi connectivity index (χ4v) is 3.23.